The van der Waals surface area contributed by atoms with Gasteiger partial charge in [-0.15, -0.1) is 0 Å². The van der Waals surface area contributed by atoms with Gasteiger partial charge in [-0.2, -0.15) is 4.98 Å². The fourth-order valence-corrected chi connectivity index (χ4v) is 0.670. The van der Waals surface area contributed by atoms with Crippen LogP contribution in [0, 0.1) is 0 Å². The Kier molecular flexibility index (Phi) is 2.76. The summed E-state index contributed by atoms with van der Waals surface area (Å²) in [5.41, 5.74) is 5.21. The minimum atomic E-state index is -0.346. The number of hydrogen-bond acceptors (Lipinski definition) is 5. The predicted molar refractivity (Wildman–Crippen MR) is 40.2 cm³/mol. The monoisotopic (exact) mass is 170 g/mol. The summed E-state index contributed by atoms with van der Waals surface area (Å²) in [4.78, 5) is 14.8. The van der Waals surface area contributed by atoms with Crippen LogP contribution < -0.4 is 11.1 Å². The molecule has 0 fully saturated rings. The first-order valence-corrected chi connectivity index (χ1v) is 3.58. The molecule has 0 aromatic carbocycles. The molecule has 0 spiro atoms. The highest BCUT2D eigenvalue weighted by Gasteiger charge is 2.11. The summed E-state index contributed by atoms with van der Waals surface area (Å²) in [6.07, 6.45) is 0. The molecule has 0 unspecified atom stereocenters. The van der Waals surface area contributed by atoms with Gasteiger partial charge in [0.15, 0.2) is 0 Å². The average Bonchev–Trinajstić information content (AvgIpc) is 2.52. The van der Waals surface area contributed by atoms with Crippen molar-refractivity contribution in [3.63, 3.8) is 0 Å². The molecule has 12 heavy (non-hydrogen) atoms. The first-order valence-electron chi connectivity index (χ1n) is 3.58. The highest BCUT2D eigenvalue weighted by Crippen LogP contribution is 1.94. The van der Waals surface area contributed by atoms with Crippen molar-refractivity contribution in [2.75, 3.05) is 6.54 Å². The van der Waals surface area contributed by atoms with Gasteiger partial charge in [0, 0.05) is 6.54 Å². The van der Waals surface area contributed by atoms with E-state index < -0.39 is 0 Å². The summed E-state index contributed by atoms with van der Waals surface area (Å²) < 4.78 is 4.63. The van der Waals surface area contributed by atoms with Crippen LogP contribution in [-0.4, -0.2) is 22.6 Å². The molecule has 66 valence electrons. The lowest BCUT2D eigenvalue weighted by molar-refractivity contribution is 0.0942. The molecule has 0 bridgehead atoms. The molecular weight excluding hydrogens is 160 g/mol. The molecule has 1 heterocycles. The van der Waals surface area contributed by atoms with Gasteiger partial charge in [-0.25, -0.2) is 0 Å². The lowest BCUT2D eigenvalue weighted by Crippen LogP contribution is -2.23. The largest absolute Gasteiger partial charge is 0.349 e. The topological polar surface area (TPSA) is 94.0 Å². The van der Waals surface area contributed by atoms with E-state index in [4.69, 9.17) is 5.73 Å². The zero-order valence-electron chi connectivity index (χ0n) is 6.70. The van der Waals surface area contributed by atoms with Crippen molar-refractivity contribution in [3.8, 4) is 0 Å². The fraction of sp³-hybridized carbons (Fsp3) is 0.500. The van der Waals surface area contributed by atoms with Crippen LogP contribution in [0.15, 0.2) is 4.52 Å². The second-order valence-corrected chi connectivity index (χ2v) is 2.08. The molecule has 0 atom stereocenters. The van der Waals surface area contributed by atoms with Crippen molar-refractivity contribution in [3.05, 3.63) is 11.7 Å². The summed E-state index contributed by atoms with van der Waals surface area (Å²) in [6.45, 7) is 2.49. The molecule has 1 aromatic heterocycles. The molecule has 6 heteroatoms. The van der Waals surface area contributed by atoms with Crippen LogP contribution in [0.1, 0.15) is 23.4 Å². The molecule has 1 aromatic rings. The lowest BCUT2D eigenvalue weighted by Gasteiger charge is -1.93. The molecular formula is C6H10N4O2. The Bertz CT molecular complexity index is 270. The summed E-state index contributed by atoms with van der Waals surface area (Å²) in [6, 6.07) is 0. The van der Waals surface area contributed by atoms with Crippen LogP contribution in [0.5, 0.6) is 0 Å². The molecule has 0 radical (unpaired) electrons. The van der Waals surface area contributed by atoms with Gasteiger partial charge in [0.2, 0.25) is 5.89 Å². The van der Waals surface area contributed by atoms with Crippen molar-refractivity contribution in [1.29, 1.82) is 0 Å². The highest BCUT2D eigenvalue weighted by molar-refractivity contribution is 5.90. The van der Waals surface area contributed by atoms with Gasteiger partial charge in [0.25, 0.3) is 11.7 Å². The van der Waals surface area contributed by atoms with Gasteiger partial charge in [-0.05, 0) is 6.92 Å². The summed E-state index contributed by atoms with van der Waals surface area (Å²) in [5, 5.41) is 5.96. The first-order chi connectivity index (χ1) is 5.77. The summed E-state index contributed by atoms with van der Waals surface area (Å²) in [5.74, 6) is -0.0606. The number of aromatic nitrogens is 2. The Hall–Kier alpha value is -1.43. The van der Waals surface area contributed by atoms with E-state index in [1.807, 2.05) is 6.92 Å². The molecule has 0 aliphatic heterocycles. The second-order valence-electron chi connectivity index (χ2n) is 2.08. The van der Waals surface area contributed by atoms with Gasteiger partial charge in [-0.1, -0.05) is 5.16 Å². The smallest absolute Gasteiger partial charge is 0.292 e. The molecule has 6 nitrogen and oxygen atoms in total. The maximum atomic E-state index is 11.0. The van der Waals surface area contributed by atoms with Crippen molar-refractivity contribution in [2.24, 2.45) is 5.73 Å². The fourth-order valence-electron chi connectivity index (χ4n) is 0.670. The predicted octanol–water partition coefficient (Wildman–Crippen LogP) is -0.722. The quantitative estimate of drug-likeness (QED) is 0.624. The minimum absolute atomic E-state index is 0.0253. The van der Waals surface area contributed by atoms with Crippen molar-refractivity contribution >= 4 is 5.91 Å². The number of nitrogens with zero attached hydrogens (tertiary/aromatic N) is 2. The van der Waals surface area contributed by atoms with Crippen LogP contribution in [0.3, 0.4) is 0 Å². The number of nitrogens with two attached hydrogens (primary N) is 1. The van der Waals surface area contributed by atoms with Gasteiger partial charge < -0.3 is 15.6 Å². The van der Waals surface area contributed by atoms with E-state index in [1.165, 1.54) is 0 Å². The van der Waals surface area contributed by atoms with Crippen LogP contribution in [-0.2, 0) is 6.54 Å². The van der Waals surface area contributed by atoms with E-state index in [9.17, 15) is 4.79 Å². The van der Waals surface area contributed by atoms with Crippen LogP contribution in [0.4, 0.5) is 0 Å². The summed E-state index contributed by atoms with van der Waals surface area (Å²) in [7, 11) is 0. The number of hydrogen-bond donors (Lipinski definition) is 2. The van der Waals surface area contributed by atoms with Gasteiger partial charge in [-0.3, -0.25) is 4.79 Å². The molecule has 1 amide bonds. The molecule has 1 rings (SSSR count). The number of carbonyl (C=O) groups is 1. The van der Waals surface area contributed by atoms with Gasteiger partial charge in [0.05, 0.1) is 6.54 Å². The van der Waals surface area contributed by atoms with Gasteiger partial charge >= 0.3 is 0 Å². The standard InChI is InChI=1S/C6H10N4O2/c1-2-8-6(11)5-9-4(3-7)12-10-5/h2-3,7H2,1H3,(H,8,11). The van der Waals surface area contributed by atoms with Crippen LogP contribution in [0.2, 0.25) is 0 Å². The van der Waals surface area contributed by atoms with E-state index in [2.05, 4.69) is 20.0 Å². The highest BCUT2D eigenvalue weighted by atomic mass is 16.5. The summed E-state index contributed by atoms with van der Waals surface area (Å²) >= 11 is 0. The SMILES string of the molecule is CCNC(=O)c1noc(CN)n1. The zero-order valence-corrected chi connectivity index (χ0v) is 6.70. The van der Waals surface area contributed by atoms with E-state index in [0.29, 0.717) is 6.54 Å². The minimum Gasteiger partial charge on any atom is -0.349 e. The van der Waals surface area contributed by atoms with E-state index in [1.54, 1.807) is 0 Å². The molecule has 3 N–H and O–H groups in total. The Morgan fingerprint density at radius 3 is 3.00 bits per heavy atom. The third-order valence-corrected chi connectivity index (χ3v) is 1.18. The third-order valence-electron chi connectivity index (χ3n) is 1.18. The van der Waals surface area contributed by atoms with Crippen molar-refractivity contribution in [2.45, 2.75) is 13.5 Å². The first kappa shape index (κ1) is 8.66. The number of rotatable bonds is 3. The van der Waals surface area contributed by atoms with Crippen molar-refractivity contribution in [1.82, 2.24) is 15.5 Å². The van der Waals surface area contributed by atoms with Gasteiger partial charge in [0.1, 0.15) is 0 Å². The Balaban J connectivity index is 2.68. The third kappa shape index (κ3) is 1.79. The normalized spacial score (nSPS) is 9.83. The molecule has 0 saturated carbocycles. The Morgan fingerprint density at radius 1 is 1.75 bits per heavy atom. The van der Waals surface area contributed by atoms with E-state index in [-0.39, 0.29) is 24.2 Å². The van der Waals surface area contributed by atoms with Crippen LogP contribution >= 0.6 is 0 Å². The van der Waals surface area contributed by atoms with Crippen LogP contribution in [0.25, 0.3) is 0 Å². The number of nitrogens with one attached hydrogen (secondary N) is 1. The van der Waals surface area contributed by atoms with E-state index in [0.717, 1.165) is 0 Å². The molecule has 0 saturated heterocycles. The Labute approximate surface area is 69.1 Å². The van der Waals surface area contributed by atoms with E-state index >= 15 is 0 Å². The molecule has 0 aliphatic rings. The maximum absolute atomic E-state index is 11.0. The number of amides is 1. The molecule has 0 aliphatic carbocycles. The maximum Gasteiger partial charge on any atom is 0.292 e. The van der Waals surface area contributed by atoms with Crippen molar-refractivity contribution < 1.29 is 9.32 Å². The zero-order chi connectivity index (χ0) is 8.97. The lowest BCUT2D eigenvalue weighted by atomic mass is 10.5. The Morgan fingerprint density at radius 2 is 2.50 bits per heavy atom. The second kappa shape index (κ2) is 3.82. The average molecular weight is 170 g/mol. The number of carbonyl (C=O) groups excluding carboxylic acids is 1.